The van der Waals surface area contributed by atoms with Crippen LogP contribution in [0.15, 0.2) is 47.6 Å². The summed E-state index contributed by atoms with van der Waals surface area (Å²) in [4.78, 5) is 17.0. The van der Waals surface area contributed by atoms with Crippen molar-refractivity contribution >= 4 is 11.8 Å². The van der Waals surface area contributed by atoms with Crippen molar-refractivity contribution in [1.29, 1.82) is 0 Å². The number of carbonyl (C=O) groups is 1. The summed E-state index contributed by atoms with van der Waals surface area (Å²) in [6, 6.07) is 12.6. The topological polar surface area (TPSA) is 73.9 Å². The van der Waals surface area contributed by atoms with Gasteiger partial charge >= 0.3 is 5.97 Å². The van der Waals surface area contributed by atoms with Gasteiger partial charge in [-0.1, -0.05) is 35.0 Å². The Bertz CT molecular complexity index is 724. The number of aryl methyl sites for hydroxylation is 2. The molecular formula is C17H18N2O3. The zero-order valence-electron chi connectivity index (χ0n) is 12.8. The highest BCUT2D eigenvalue weighted by Gasteiger charge is 2.11. The fraction of sp³-hybridized carbons (Fsp3) is 0.176. The van der Waals surface area contributed by atoms with E-state index in [2.05, 4.69) is 5.16 Å². The van der Waals surface area contributed by atoms with E-state index in [0.717, 1.165) is 11.1 Å². The van der Waals surface area contributed by atoms with Gasteiger partial charge in [-0.05, 0) is 37.6 Å². The van der Waals surface area contributed by atoms with Crippen molar-refractivity contribution in [3.63, 3.8) is 0 Å². The largest absolute Gasteiger partial charge is 0.497 e. The molecule has 0 heterocycles. The molecule has 2 rings (SSSR count). The van der Waals surface area contributed by atoms with Crippen LogP contribution < -0.4 is 10.5 Å². The Morgan fingerprint density at radius 2 is 1.91 bits per heavy atom. The van der Waals surface area contributed by atoms with Crippen LogP contribution in [0.4, 0.5) is 0 Å². The Morgan fingerprint density at radius 3 is 2.64 bits per heavy atom. The Hall–Kier alpha value is -2.82. The normalized spacial score (nSPS) is 11.1. The average molecular weight is 298 g/mol. The molecule has 22 heavy (non-hydrogen) atoms. The molecule has 0 amide bonds. The van der Waals surface area contributed by atoms with Crippen LogP contribution in [0.3, 0.4) is 0 Å². The summed E-state index contributed by atoms with van der Waals surface area (Å²) < 4.78 is 5.11. The predicted octanol–water partition coefficient (Wildman–Crippen LogP) is 2.79. The van der Waals surface area contributed by atoms with Crippen molar-refractivity contribution in [1.82, 2.24) is 0 Å². The van der Waals surface area contributed by atoms with Gasteiger partial charge in [0.05, 0.1) is 12.7 Å². The van der Waals surface area contributed by atoms with Crippen molar-refractivity contribution in [3.05, 3.63) is 64.7 Å². The second-order valence-electron chi connectivity index (χ2n) is 4.91. The monoisotopic (exact) mass is 298 g/mol. The summed E-state index contributed by atoms with van der Waals surface area (Å²) in [5.41, 5.74) is 8.72. The van der Waals surface area contributed by atoms with Crippen LogP contribution in [-0.2, 0) is 4.84 Å². The number of hydrogen-bond acceptors (Lipinski definition) is 4. The molecule has 0 aliphatic carbocycles. The third-order valence-electron chi connectivity index (χ3n) is 3.21. The van der Waals surface area contributed by atoms with E-state index in [4.69, 9.17) is 15.3 Å². The van der Waals surface area contributed by atoms with Gasteiger partial charge in [-0.25, -0.2) is 4.79 Å². The highest BCUT2D eigenvalue weighted by atomic mass is 16.7. The number of amidine groups is 1. The fourth-order valence-corrected chi connectivity index (χ4v) is 1.93. The summed E-state index contributed by atoms with van der Waals surface area (Å²) in [5.74, 6) is 0.223. The molecule has 0 fully saturated rings. The van der Waals surface area contributed by atoms with Crippen LogP contribution in [-0.4, -0.2) is 18.9 Å². The average Bonchev–Trinajstić information content (AvgIpc) is 2.54. The predicted molar refractivity (Wildman–Crippen MR) is 85.0 cm³/mol. The van der Waals surface area contributed by atoms with Gasteiger partial charge in [-0.3, -0.25) is 0 Å². The molecule has 2 aromatic carbocycles. The number of nitrogens with zero attached hydrogens (tertiary/aromatic N) is 1. The maximum atomic E-state index is 12.1. The first kappa shape index (κ1) is 15.6. The van der Waals surface area contributed by atoms with E-state index in [1.54, 1.807) is 37.4 Å². The van der Waals surface area contributed by atoms with E-state index in [9.17, 15) is 4.79 Å². The Kier molecular flexibility index (Phi) is 4.78. The van der Waals surface area contributed by atoms with Gasteiger partial charge in [0.2, 0.25) is 0 Å². The second kappa shape index (κ2) is 6.76. The molecule has 0 aliphatic rings. The molecule has 2 N–H and O–H groups in total. The van der Waals surface area contributed by atoms with Crippen molar-refractivity contribution < 1.29 is 14.4 Å². The first-order valence-electron chi connectivity index (χ1n) is 6.77. The van der Waals surface area contributed by atoms with Gasteiger partial charge in [-0.15, -0.1) is 0 Å². The minimum Gasteiger partial charge on any atom is -0.497 e. The number of carbonyl (C=O) groups excluding carboxylic acids is 1. The van der Waals surface area contributed by atoms with Crippen LogP contribution in [0.5, 0.6) is 5.75 Å². The minimum absolute atomic E-state index is 0.109. The summed E-state index contributed by atoms with van der Waals surface area (Å²) >= 11 is 0. The summed E-state index contributed by atoms with van der Waals surface area (Å²) in [5, 5.41) is 3.71. The Labute approximate surface area is 129 Å². The molecule has 0 atom stereocenters. The zero-order chi connectivity index (χ0) is 16.1. The zero-order valence-corrected chi connectivity index (χ0v) is 12.8. The van der Waals surface area contributed by atoms with Crippen molar-refractivity contribution in [2.24, 2.45) is 10.9 Å². The molecule has 114 valence electrons. The van der Waals surface area contributed by atoms with Crippen LogP contribution in [0.25, 0.3) is 0 Å². The number of rotatable bonds is 4. The molecule has 0 unspecified atom stereocenters. The molecule has 0 bridgehead atoms. The van der Waals surface area contributed by atoms with Crippen LogP contribution >= 0.6 is 0 Å². The number of hydrogen-bond donors (Lipinski definition) is 1. The standard InChI is InChI=1S/C17H18N2O3/c1-11-7-8-12(2)15(9-11)17(20)22-19-16(18)13-5-4-6-14(10-13)21-3/h4-10H,1-3H3,(H2,18,19). The lowest BCUT2D eigenvalue weighted by molar-refractivity contribution is 0.0515. The van der Waals surface area contributed by atoms with E-state index in [1.165, 1.54) is 0 Å². The molecule has 5 heteroatoms. The first-order valence-corrected chi connectivity index (χ1v) is 6.77. The molecule has 0 aliphatic heterocycles. The van der Waals surface area contributed by atoms with Crippen molar-refractivity contribution in [2.75, 3.05) is 7.11 Å². The number of methoxy groups -OCH3 is 1. The molecular weight excluding hydrogens is 280 g/mol. The maximum Gasteiger partial charge on any atom is 0.366 e. The molecule has 0 saturated carbocycles. The third-order valence-corrected chi connectivity index (χ3v) is 3.21. The van der Waals surface area contributed by atoms with E-state index in [0.29, 0.717) is 16.9 Å². The Morgan fingerprint density at radius 1 is 1.14 bits per heavy atom. The quantitative estimate of drug-likeness (QED) is 0.407. The number of benzene rings is 2. The van der Waals surface area contributed by atoms with E-state index in [-0.39, 0.29) is 5.84 Å². The fourth-order valence-electron chi connectivity index (χ4n) is 1.93. The SMILES string of the molecule is COc1cccc(/C(N)=N\OC(=O)c2cc(C)ccc2C)c1. The summed E-state index contributed by atoms with van der Waals surface area (Å²) in [6.07, 6.45) is 0. The van der Waals surface area contributed by atoms with E-state index >= 15 is 0 Å². The number of ether oxygens (including phenoxy) is 1. The number of nitrogens with two attached hydrogens (primary N) is 1. The van der Waals surface area contributed by atoms with Gasteiger partial charge in [0.1, 0.15) is 5.75 Å². The Balaban J connectivity index is 2.16. The lowest BCUT2D eigenvalue weighted by Gasteiger charge is -2.06. The molecule has 0 saturated heterocycles. The van der Waals surface area contributed by atoms with Gasteiger partial charge in [-0.2, -0.15) is 0 Å². The van der Waals surface area contributed by atoms with Crippen LogP contribution in [0.2, 0.25) is 0 Å². The van der Waals surface area contributed by atoms with Crippen molar-refractivity contribution in [2.45, 2.75) is 13.8 Å². The molecule has 0 spiro atoms. The highest BCUT2D eigenvalue weighted by molar-refractivity contribution is 5.98. The van der Waals surface area contributed by atoms with Gasteiger partial charge in [0.15, 0.2) is 5.84 Å². The van der Waals surface area contributed by atoms with E-state index in [1.807, 2.05) is 26.0 Å². The van der Waals surface area contributed by atoms with E-state index < -0.39 is 5.97 Å². The minimum atomic E-state index is -0.535. The van der Waals surface area contributed by atoms with Gasteiger partial charge < -0.3 is 15.3 Å². The second-order valence-corrected chi connectivity index (χ2v) is 4.91. The number of oxime groups is 1. The van der Waals surface area contributed by atoms with Gasteiger partial charge in [0.25, 0.3) is 0 Å². The molecule has 5 nitrogen and oxygen atoms in total. The molecule has 0 radical (unpaired) electrons. The third kappa shape index (κ3) is 3.63. The summed E-state index contributed by atoms with van der Waals surface area (Å²) in [7, 11) is 1.56. The lowest BCUT2D eigenvalue weighted by atomic mass is 10.1. The molecule has 0 aromatic heterocycles. The van der Waals surface area contributed by atoms with Crippen LogP contribution in [0, 0.1) is 13.8 Å². The summed E-state index contributed by atoms with van der Waals surface area (Å²) in [6.45, 7) is 3.75. The van der Waals surface area contributed by atoms with Crippen LogP contribution in [0.1, 0.15) is 27.0 Å². The smallest absolute Gasteiger partial charge is 0.366 e. The first-order chi connectivity index (χ1) is 10.5. The lowest BCUT2D eigenvalue weighted by Crippen LogP contribution is -2.15. The van der Waals surface area contributed by atoms with Gasteiger partial charge in [0, 0.05) is 5.56 Å². The highest BCUT2D eigenvalue weighted by Crippen LogP contribution is 2.14. The van der Waals surface area contributed by atoms with Crippen molar-refractivity contribution in [3.8, 4) is 5.75 Å². The maximum absolute atomic E-state index is 12.1. The molecule has 2 aromatic rings.